The minimum Gasteiger partial charge on any atom is -0.319 e. The molecule has 0 bridgehead atoms. The third-order valence-electron chi connectivity index (χ3n) is 4.36. The second-order valence-corrected chi connectivity index (χ2v) is 7.49. The van der Waals surface area contributed by atoms with Crippen LogP contribution >= 0.6 is 11.3 Å². The van der Waals surface area contributed by atoms with Crippen LogP contribution in [0.5, 0.6) is 0 Å². The van der Waals surface area contributed by atoms with E-state index in [9.17, 15) is 4.79 Å². The summed E-state index contributed by atoms with van der Waals surface area (Å²) in [6.45, 7) is 5.82. The number of aryl methyl sites for hydroxylation is 1. The molecule has 0 aliphatic carbocycles. The van der Waals surface area contributed by atoms with Gasteiger partial charge in [-0.15, -0.1) is 11.3 Å². The summed E-state index contributed by atoms with van der Waals surface area (Å²) in [6, 6.07) is 4.07. The molecular weight excluding hydrogens is 312 g/mol. The van der Waals surface area contributed by atoms with Crippen molar-refractivity contribution in [2.75, 3.05) is 19.7 Å². The highest BCUT2D eigenvalue weighted by Crippen LogP contribution is 2.26. The van der Waals surface area contributed by atoms with E-state index in [1.165, 1.54) is 14.8 Å². The molecule has 122 valence electrons. The van der Waals surface area contributed by atoms with Crippen molar-refractivity contribution in [3.63, 3.8) is 0 Å². The molecule has 1 amide bonds. The molecule has 2 aromatic heterocycles. The summed E-state index contributed by atoms with van der Waals surface area (Å²) in [4.78, 5) is 27.4. The summed E-state index contributed by atoms with van der Waals surface area (Å²) >= 11 is 1.82. The zero-order valence-corrected chi connectivity index (χ0v) is 14.0. The maximum atomic E-state index is 12.8. The van der Waals surface area contributed by atoms with Crippen LogP contribution in [-0.2, 0) is 22.7 Å². The van der Waals surface area contributed by atoms with Crippen molar-refractivity contribution < 1.29 is 9.63 Å². The fourth-order valence-electron chi connectivity index (χ4n) is 3.26. The standard InChI is InChI=1S/C16H20N4O2S/c1-12-3-4-14(23-12)9-18-8-13-7-17-11-19(13)15(10-18)16(21)20-5-2-6-22-20/h3-4,7,11,15H,2,5-6,8-10H2,1H3. The summed E-state index contributed by atoms with van der Waals surface area (Å²) in [6.07, 6.45) is 4.53. The lowest BCUT2D eigenvalue weighted by atomic mass is 10.1. The molecule has 6 nitrogen and oxygen atoms in total. The lowest BCUT2D eigenvalue weighted by Crippen LogP contribution is -2.44. The quantitative estimate of drug-likeness (QED) is 0.862. The van der Waals surface area contributed by atoms with Crippen molar-refractivity contribution in [3.05, 3.63) is 40.1 Å². The number of carbonyl (C=O) groups is 1. The first kappa shape index (κ1) is 14.9. The van der Waals surface area contributed by atoms with Crippen LogP contribution < -0.4 is 0 Å². The monoisotopic (exact) mass is 332 g/mol. The number of amides is 1. The van der Waals surface area contributed by atoms with Crippen molar-refractivity contribution in [1.29, 1.82) is 0 Å². The van der Waals surface area contributed by atoms with Gasteiger partial charge in [0.25, 0.3) is 5.91 Å². The van der Waals surface area contributed by atoms with Crippen LogP contribution in [0.1, 0.15) is 27.9 Å². The SMILES string of the molecule is Cc1ccc(CN2Cc3cncn3C(C(=O)N3CCCO3)C2)s1. The van der Waals surface area contributed by atoms with Crippen LogP contribution in [0.25, 0.3) is 0 Å². The van der Waals surface area contributed by atoms with Crippen LogP contribution in [0.15, 0.2) is 24.7 Å². The number of hydroxylamine groups is 2. The van der Waals surface area contributed by atoms with E-state index in [4.69, 9.17) is 4.84 Å². The smallest absolute Gasteiger partial charge is 0.270 e. The molecule has 1 unspecified atom stereocenters. The van der Waals surface area contributed by atoms with Gasteiger partial charge in [0.05, 0.1) is 25.2 Å². The Morgan fingerprint density at radius 2 is 2.39 bits per heavy atom. The Kier molecular flexibility index (Phi) is 3.92. The molecule has 0 N–H and O–H groups in total. The van der Waals surface area contributed by atoms with Crippen molar-refractivity contribution in [3.8, 4) is 0 Å². The molecule has 4 heterocycles. The molecule has 1 atom stereocenters. The molecule has 7 heteroatoms. The molecule has 2 aliphatic rings. The van der Waals surface area contributed by atoms with Gasteiger partial charge in [-0.2, -0.15) is 0 Å². The first-order valence-corrected chi connectivity index (χ1v) is 8.75. The van der Waals surface area contributed by atoms with Crippen LogP contribution in [0, 0.1) is 6.92 Å². The Morgan fingerprint density at radius 1 is 1.48 bits per heavy atom. The minimum atomic E-state index is -0.250. The van der Waals surface area contributed by atoms with Crippen LogP contribution in [0.3, 0.4) is 0 Å². The highest BCUT2D eigenvalue weighted by Gasteiger charge is 2.34. The average Bonchev–Trinajstić information content (AvgIpc) is 3.26. The molecule has 2 aliphatic heterocycles. The fraction of sp³-hybridized carbons (Fsp3) is 0.500. The minimum absolute atomic E-state index is 0.0359. The zero-order valence-electron chi connectivity index (χ0n) is 13.1. The van der Waals surface area contributed by atoms with E-state index in [0.29, 0.717) is 19.7 Å². The summed E-state index contributed by atoms with van der Waals surface area (Å²) < 4.78 is 2.00. The number of fused-ring (bicyclic) bond motifs is 1. The third kappa shape index (κ3) is 2.91. The zero-order chi connectivity index (χ0) is 15.8. The second-order valence-electron chi connectivity index (χ2n) is 6.12. The van der Waals surface area contributed by atoms with Gasteiger partial charge < -0.3 is 4.57 Å². The lowest BCUT2D eigenvalue weighted by Gasteiger charge is -2.34. The van der Waals surface area contributed by atoms with Gasteiger partial charge in [-0.3, -0.25) is 14.5 Å². The highest BCUT2D eigenvalue weighted by atomic mass is 32.1. The summed E-state index contributed by atoms with van der Waals surface area (Å²) in [5, 5.41) is 1.52. The predicted molar refractivity (Wildman–Crippen MR) is 86.7 cm³/mol. The Bertz CT molecular complexity index is 705. The van der Waals surface area contributed by atoms with Gasteiger partial charge in [0.2, 0.25) is 0 Å². The molecule has 0 saturated carbocycles. The van der Waals surface area contributed by atoms with Gasteiger partial charge in [-0.1, -0.05) is 0 Å². The summed E-state index contributed by atoms with van der Waals surface area (Å²) in [7, 11) is 0. The van der Waals surface area contributed by atoms with E-state index in [-0.39, 0.29) is 11.9 Å². The van der Waals surface area contributed by atoms with Crippen molar-refractivity contribution in [1.82, 2.24) is 19.5 Å². The van der Waals surface area contributed by atoms with Crippen LogP contribution in [0.4, 0.5) is 0 Å². The lowest BCUT2D eigenvalue weighted by molar-refractivity contribution is -0.173. The largest absolute Gasteiger partial charge is 0.319 e. The summed E-state index contributed by atoms with van der Waals surface area (Å²) in [5.41, 5.74) is 1.09. The maximum Gasteiger partial charge on any atom is 0.270 e. The highest BCUT2D eigenvalue weighted by molar-refractivity contribution is 7.11. The van der Waals surface area contributed by atoms with E-state index in [1.54, 1.807) is 6.33 Å². The van der Waals surface area contributed by atoms with E-state index < -0.39 is 0 Å². The van der Waals surface area contributed by atoms with Crippen molar-refractivity contribution in [2.24, 2.45) is 0 Å². The first-order chi connectivity index (χ1) is 11.2. The van der Waals surface area contributed by atoms with Crippen LogP contribution in [0.2, 0.25) is 0 Å². The van der Waals surface area contributed by atoms with Crippen LogP contribution in [-0.4, -0.2) is 45.1 Å². The van der Waals surface area contributed by atoms with E-state index in [0.717, 1.165) is 25.2 Å². The third-order valence-corrected chi connectivity index (χ3v) is 5.34. The molecule has 0 radical (unpaired) electrons. The molecule has 2 aromatic rings. The predicted octanol–water partition coefficient (Wildman–Crippen LogP) is 1.97. The van der Waals surface area contributed by atoms with Gasteiger partial charge in [0.1, 0.15) is 6.04 Å². The molecule has 1 saturated heterocycles. The fourth-order valence-corrected chi connectivity index (χ4v) is 4.19. The number of carbonyl (C=O) groups excluding carboxylic acids is 1. The Morgan fingerprint density at radius 3 is 3.13 bits per heavy atom. The van der Waals surface area contributed by atoms with Gasteiger partial charge >= 0.3 is 0 Å². The molecule has 1 fully saturated rings. The molecular formula is C16H20N4O2S. The second kappa shape index (κ2) is 6.07. The molecule has 0 aromatic carbocycles. The number of thiophene rings is 1. The first-order valence-electron chi connectivity index (χ1n) is 7.93. The van der Waals surface area contributed by atoms with Gasteiger partial charge in [0, 0.05) is 35.6 Å². The molecule has 0 spiro atoms. The Labute approximate surface area is 139 Å². The van der Waals surface area contributed by atoms with E-state index in [1.807, 2.05) is 22.1 Å². The Hall–Kier alpha value is -1.70. The van der Waals surface area contributed by atoms with Gasteiger partial charge in [-0.05, 0) is 25.5 Å². The number of rotatable bonds is 3. The van der Waals surface area contributed by atoms with E-state index in [2.05, 4.69) is 28.9 Å². The summed E-state index contributed by atoms with van der Waals surface area (Å²) in [5.74, 6) is 0.0359. The van der Waals surface area contributed by atoms with Gasteiger partial charge in [-0.25, -0.2) is 10.0 Å². The number of hydrogen-bond donors (Lipinski definition) is 0. The number of hydrogen-bond acceptors (Lipinski definition) is 5. The van der Waals surface area contributed by atoms with E-state index >= 15 is 0 Å². The normalized spacial score (nSPS) is 21.6. The number of nitrogens with zero attached hydrogens (tertiary/aromatic N) is 4. The Balaban J connectivity index is 1.55. The van der Waals surface area contributed by atoms with Crippen molar-refractivity contribution >= 4 is 17.2 Å². The maximum absolute atomic E-state index is 12.8. The number of aromatic nitrogens is 2. The average molecular weight is 332 g/mol. The number of imidazole rings is 1. The topological polar surface area (TPSA) is 50.6 Å². The molecule has 23 heavy (non-hydrogen) atoms. The van der Waals surface area contributed by atoms with Gasteiger partial charge in [0.15, 0.2) is 0 Å². The van der Waals surface area contributed by atoms with Crippen molar-refractivity contribution in [2.45, 2.75) is 32.5 Å². The molecule has 4 rings (SSSR count).